The summed E-state index contributed by atoms with van der Waals surface area (Å²) in [4.78, 5) is 37.0. The number of hydrogen-bond acceptors (Lipinski definition) is 6. The normalized spacial score (nSPS) is 19.7. The first-order valence-electron chi connectivity index (χ1n) is 9.36. The van der Waals surface area contributed by atoms with E-state index in [0.717, 1.165) is 0 Å². The second kappa shape index (κ2) is 9.67. The number of alkyl halides is 2. The van der Waals surface area contributed by atoms with E-state index >= 15 is 0 Å². The topological polar surface area (TPSA) is 94.2 Å². The molecule has 0 radical (unpaired) electrons. The van der Waals surface area contributed by atoms with Gasteiger partial charge in [0.05, 0.1) is 31.0 Å². The van der Waals surface area contributed by atoms with Crippen LogP contribution in [0.4, 0.5) is 20.6 Å². The molecule has 0 bridgehead atoms. The third-order valence-corrected chi connectivity index (χ3v) is 5.14. The van der Waals surface area contributed by atoms with Crippen molar-refractivity contribution < 1.29 is 23.5 Å². The monoisotopic (exact) mass is 461 g/mol. The number of anilines is 2. The predicted molar refractivity (Wildman–Crippen MR) is 110 cm³/mol. The number of hydrogen-bond donors (Lipinski definition) is 2. The van der Waals surface area contributed by atoms with E-state index in [-0.39, 0.29) is 25.5 Å². The van der Waals surface area contributed by atoms with E-state index < -0.39 is 28.8 Å². The summed E-state index contributed by atoms with van der Waals surface area (Å²) in [6.45, 7) is 3.29. The Morgan fingerprint density at radius 2 is 2.10 bits per heavy atom. The van der Waals surface area contributed by atoms with Crippen LogP contribution in [-0.2, 0) is 14.3 Å². The van der Waals surface area contributed by atoms with Crippen LogP contribution < -0.4 is 20.5 Å². The highest BCUT2D eigenvalue weighted by Gasteiger charge is 2.33. The molecule has 30 heavy (non-hydrogen) atoms. The minimum atomic E-state index is -1.17. The Bertz CT molecular complexity index is 828. The standard InChI is InChI=1S/C18H22Cl2FN5O4/c1-11(27)22-9-13-10-25(18(29)30-13)12-2-3-15(14(21)8-12)24-5-4-23-26(7-6-24)17(28)16(19)20/h2-3,8,13,16,23H,4-7,9-10H2,1H3,(H,22,27)/t13-/m0/s1. The molecule has 9 nitrogen and oxygen atoms in total. The summed E-state index contributed by atoms with van der Waals surface area (Å²) in [6.07, 6.45) is -1.10. The highest BCUT2D eigenvalue weighted by atomic mass is 35.5. The van der Waals surface area contributed by atoms with E-state index in [1.165, 1.54) is 22.9 Å². The van der Waals surface area contributed by atoms with Gasteiger partial charge in [-0.15, -0.1) is 0 Å². The molecular weight excluding hydrogens is 440 g/mol. The summed E-state index contributed by atoms with van der Waals surface area (Å²) in [6, 6.07) is 4.49. The number of nitrogens with zero attached hydrogens (tertiary/aromatic N) is 3. The zero-order valence-corrected chi connectivity index (χ0v) is 17.7. The maximum atomic E-state index is 14.9. The summed E-state index contributed by atoms with van der Waals surface area (Å²) in [5.41, 5.74) is 3.64. The molecule has 3 rings (SSSR count). The molecule has 0 saturated carbocycles. The molecule has 2 fully saturated rings. The fraction of sp³-hybridized carbons (Fsp3) is 0.500. The molecule has 164 valence electrons. The van der Waals surface area contributed by atoms with Crippen LogP contribution in [0, 0.1) is 5.82 Å². The minimum Gasteiger partial charge on any atom is -0.442 e. The number of carbonyl (C=O) groups excluding carboxylic acids is 3. The van der Waals surface area contributed by atoms with Crippen molar-refractivity contribution >= 4 is 52.5 Å². The van der Waals surface area contributed by atoms with E-state index in [9.17, 15) is 18.8 Å². The van der Waals surface area contributed by atoms with Crippen molar-refractivity contribution in [3.8, 4) is 0 Å². The summed E-state index contributed by atoms with van der Waals surface area (Å²) < 4.78 is 20.1. The lowest BCUT2D eigenvalue weighted by atomic mass is 10.2. The number of rotatable bonds is 5. The summed E-state index contributed by atoms with van der Waals surface area (Å²) in [7, 11) is 0. The van der Waals surface area contributed by atoms with Crippen molar-refractivity contribution in [1.29, 1.82) is 0 Å². The SMILES string of the molecule is CC(=O)NC[C@H]1CN(c2ccc(N3CCNN(C(=O)C(Cl)Cl)CC3)c(F)c2)C(=O)O1. The van der Waals surface area contributed by atoms with Crippen molar-refractivity contribution in [2.24, 2.45) is 0 Å². The molecule has 3 amide bonds. The van der Waals surface area contributed by atoms with Crippen LogP contribution in [0.3, 0.4) is 0 Å². The smallest absolute Gasteiger partial charge is 0.414 e. The van der Waals surface area contributed by atoms with Crippen molar-refractivity contribution in [3.05, 3.63) is 24.0 Å². The van der Waals surface area contributed by atoms with E-state index in [1.807, 2.05) is 0 Å². The third kappa shape index (κ3) is 5.24. The summed E-state index contributed by atoms with van der Waals surface area (Å²) in [5, 5.41) is 3.92. The van der Waals surface area contributed by atoms with Gasteiger partial charge in [-0.25, -0.2) is 14.6 Å². The predicted octanol–water partition coefficient (Wildman–Crippen LogP) is 1.24. The van der Waals surface area contributed by atoms with E-state index in [2.05, 4.69) is 10.7 Å². The molecule has 0 aliphatic carbocycles. The molecule has 2 heterocycles. The molecule has 2 N–H and O–H groups in total. The van der Waals surface area contributed by atoms with Gasteiger partial charge in [0.25, 0.3) is 5.91 Å². The summed E-state index contributed by atoms with van der Waals surface area (Å²) in [5.74, 6) is -1.19. The quantitative estimate of drug-likeness (QED) is 0.640. The Kier molecular flexibility index (Phi) is 7.22. The van der Waals surface area contributed by atoms with Crippen molar-refractivity contribution in [3.63, 3.8) is 0 Å². The first-order valence-corrected chi connectivity index (χ1v) is 10.2. The highest BCUT2D eigenvalue weighted by Crippen LogP contribution is 2.28. The average molecular weight is 462 g/mol. The Labute approximate surface area is 183 Å². The van der Waals surface area contributed by atoms with Crippen LogP contribution >= 0.6 is 23.2 Å². The average Bonchev–Trinajstić information content (AvgIpc) is 2.91. The lowest BCUT2D eigenvalue weighted by Crippen LogP contribution is -2.46. The lowest BCUT2D eigenvalue weighted by molar-refractivity contribution is -0.132. The third-order valence-electron chi connectivity index (χ3n) is 4.77. The lowest BCUT2D eigenvalue weighted by Gasteiger charge is -2.24. The van der Waals surface area contributed by atoms with Crippen LogP contribution in [-0.4, -0.2) is 73.1 Å². The van der Waals surface area contributed by atoms with Crippen molar-refractivity contribution in [1.82, 2.24) is 15.8 Å². The Morgan fingerprint density at radius 1 is 1.33 bits per heavy atom. The number of carbonyl (C=O) groups is 3. The van der Waals surface area contributed by atoms with Crippen LogP contribution in [0.1, 0.15) is 6.92 Å². The number of cyclic esters (lactones) is 1. The number of halogens is 3. The van der Waals surface area contributed by atoms with Crippen LogP contribution in [0.2, 0.25) is 0 Å². The first-order chi connectivity index (χ1) is 14.3. The van der Waals surface area contributed by atoms with Gasteiger partial charge >= 0.3 is 6.09 Å². The number of nitrogens with one attached hydrogen (secondary N) is 2. The number of amides is 3. The van der Waals surface area contributed by atoms with Gasteiger partial charge in [0.2, 0.25) is 5.91 Å². The summed E-state index contributed by atoms with van der Waals surface area (Å²) >= 11 is 11.3. The molecule has 12 heteroatoms. The Hall–Kier alpha value is -2.30. The zero-order valence-electron chi connectivity index (χ0n) is 16.2. The van der Waals surface area contributed by atoms with Crippen LogP contribution in [0.5, 0.6) is 0 Å². The molecule has 2 aliphatic rings. The van der Waals surface area contributed by atoms with Gasteiger partial charge in [-0.1, -0.05) is 23.2 Å². The first kappa shape index (κ1) is 22.4. The number of hydrazine groups is 1. The van der Waals surface area contributed by atoms with Gasteiger partial charge in [-0.3, -0.25) is 19.5 Å². The molecule has 2 aliphatic heterocycles. The zero-order chi connectivity index (χ0) is 21.8. The van der Waals surface area contributed by atoms with Crippen LogP contribution in [0.25, 0.3) is 0 Å². The fourth-order valence-electron chi connectivity index (χ4n) is 3.29. The van der Waals surface area contributed by atoms with Crippen molar-refractivity contribution in [2.75, 3.05) is 49.1 Å². The highest BCUT2D eigenvalue weighted by molar-refractivity contribution is 6.53. The molecule has 1 atom stereocenters. The molecular formula is C18H22Cl2FN5O4. The molecule has 0 unspecified atom stereocenters. The Balaban J connectivity index is 1.66. The molecule has 0 spiro atoms. The molecule has 0 aromatic heterocycles. The van der Waals surface area contributed by atoms with Gasteiger partial charge < -0.3 is 15.0 Å². The maximum absolute atomic E-state index is 14.9. The van der Waals surface area contributed by atoms with E-state index in [0.29, 0.717) is 31.0 Å². The number of benzene rings is 1. The minimum absolute atomic E-state index is 0.194. The van der Waals surface area contributed by atoms with Crippen molar-refractivity contribution in [2.45, 2.75) is 17.9 Å². The second-order valence-corrected chi connectivity index (χ2v) is 7.97. The van der Waals surface area contributed by atoms with Gasteiger partial charge in [0.15, 0.2) is 4.84 Å². The number of ether oxygens (including phenoxy) is 1. The van der Waals surface area contributed by atoms with Gasteiger partial charge in [0, 0.05) is 26.6 Å². The molecule has 2 saturated heterocycles. The fourth-order valence-corrected chi connectivity index (χ4v) is 3.53. The van der Waals surface area contributed by atoms with Crippen LogP contribution in [0.15, 0.2) is 18.2 Å². The largest absolute Gasteiger partial charge is 0.442 e. The molecule has 1 aromatic rings. The van der Waals surface area contributed by atoms with Gasteiger partial charge in [0.1, 0.15) is 11.9 Å². The van der Waals surface area contributed by atoms with E-state index in [4.69, 9.17) is 27.9 Å². The van der Waals surface area contributed by atoms with E-state index in [1.54, 1.807) is 17.0 Å². The van der Waals surface area contributed by atoms with Gasteiger partial charge in [-0.2, -0.15) is 0 Å². The maximum Gasteiger partial charge on any atom is 0.414 e. The Morgan fingerprint density at radius 3 is 2.77 bits per heavy atom. The molecule has 1 aromatic carbocycles. The van der Waals surface area contributed by atoms with Gasteiger partial charge in [-0.05, 0) is 18.2 Å². The second-order valence-electron chi connectivity index (χ2n) is 6.87.